The van der Waals surface area contributed by atoms with Gasteiger partial charge < -0.3 is 11.1 Å². The Balaban J connectivity index is 2.13. The molecule has 0 aromatic heterocycles. The minimum absolute atomic E-state index is 0.0148. The molecule has 1 fully saturated rings. The molecule has 18 heavy (non-hydrogen) atoms. The normalized spacial score (nSPS) is 17.7. The molecule has 3 nitrogen and oxygen atoms in total. The molecule has 0 spiro atoms. The van der Waals surface area contributed by atoms with E-state index in [0.717, 1.165) is 31.7 Å². The van der Waals surface area contributed by atoms with Gasteiger partial charge in [0.05, 0.1) is 10.6 Å². The zero-order valence-electron chi connectivity index (χ0n) is 10.0. The molecule has 1 saturated carbocycles. The molecule has 0 aliphatic heterocycles. The zero-order chi connectivity index (χ0) is 13.2. The Kier molecular flexibility index (Phi) is 3.88. The van der Waals surface area contributed by atoms with Crippen molar-refractivity contribution in [3.63, 3.8) is 0 Å². The largest absolute Gasteiger partial charge is 0.345 e. The fourth-order valence-electron chi connectivity index (χ4n) is 2.38. The van der Waals surface area contributed by atoms with Crippen LogP contribution in [-0.4, -0.2) is 18.0 Å². The second kappa shape index (κ2) is 5.24. The van der Waals surface area contributed by atoms with Crippen molar-refractivity contribution in [2.45, 2.75) is 31.2 Å². The fourth-order valence-corrected chi connectivity index (χ4v) is 2.50. The molecule has 0 saturated heterocycles. The van der Waals surface area contributed by atoms with E-state index >= 15 is 0 Å². The maximum Gasteiger partial charge on any atom is 0.251 e. The number of carbonyl (C=O) groups excluding carboxylic acids is 1. The van der Waals surface area contributed by atoms with Gasteiger partial charge >= 0.3 is 0 Å². The van der Waals surface area contributed by atoms with Gasteiger partial charge in [-0.1, -0.05) is 24.4 Å². The molecule has 1 amide bonds. The highest BCUT2D eigenvalue weighted by Crippen LogP contribution is 2.29. The number of halogens is 2. The van der Waals surface area contributed by atoms with Crippen LogP contribution >= 0.6 is 11.6 Å². The number of hydrogen-bond donors (Lipinski definition) is 2. The molecule has 5 heteroatoms. The highest BCUT2D eigenvalue weighted by atomic mass is 35.5. The van der Waals surface area contributed by atoms with Crippen LogP contribution in [0.3, 0.4) is 0 Å². The van der Waals surface area contributed by atoms with E-state index in [1.165, 1.54) is 12.1 Å². The first-order valence-electron chi connectivity index (χ1n) is 6.04. The Hall–Kier alpha value is -1.13. The lowest BCUT2D eigenvalue weighted by Gasteiger charge is -2.28. The van der Waals surface area contributed by atoms with Crippen molar-refractivity contribution in [3.8, 4) is 0 Å². The smallest absolute Gasteiger partial charge is 0.251 e. The Bertz CT molecular complexity index is 458. The minimum atomic E-state index is -0.586. The van der Waals surface area contributed by atoms with Gasteiger partial charge in [0.15, 0.2) is 0 Å². The van der Waals surface area contributed by atoms with Crippen LogP contribution in [0.5, 0.6) is 0 Å². The van der Waals surface area contributed by atoms with Crippen molar-refractivity contribution in [1.29, 1.82) is 0 Å². The Morgan fingerprint density at radius 3 is 2.67 bits per heavy atom. The number of benzene rings is 1. The third-order valence-electron chi connectivity index (χ3n) is 3.51. The van der Waals surface area contributed by atoms with Gasteiger partial charge in [-0.3, -0.25) is 4.79 Å². The molecule has 1 aliphatic rings. The van der Waals surface area contributed by atoms with Gasteiger partial charge in [0.1, 0.15) is 5.82 Å². The van der Waals surface area contributed by atoms with Crippen molar-refractivity contribution in [1.82, 2.24) is 5.32 Å². The van der Waals surface area contributed by atoms with Gasteiger partial charge in [-0.15, -0.1) is 0 Å². The topological polar surface area (TPSA) is 55.1 Å². The summed E-state index contributed by atoms with van der Waals surface area (Å²) < 4.78 is 13.3. The van der Waals surface area contributed by atoms with Crippen LogP contribution in [0.2, 0.25) is 5.02 Å². The van der Waals surface area contributed by atoms with E-state index in [9.17, 15) is 9.18 Å². The van der Waals surface area contributed by atoms with Crippen LogP contribution in [0.4, 0.5) is 4.39 Å². The summed E-state index contributed by atoms with van der Waals surface area (Å²) in [5.74, 6) is -0.879. The Morgan fingerprint density at radius 1 is 1.44 bits per heavy atom. The van der Waals surface area contributed by atoms with Crippen LogP contribution in [0.25, 0.3) is 0 Å². The van der Waals surface area contributed by atoms with Gasteiger partial charge in [0, 0.05) is 12.1 Å². The minimum Gasteiger partial charge on any atom is -0.345 e. The number of hydrogen-bond acceptors (Lipinski definition) is 2. The molecule has 1 aliphatic carbocycles. The first-order chi connectivity index (χ1) is 8.56. The molecule has 0 unspecified atom stereocenters. The van der Waals surface area contributed by atoms with E-state index in [2.05, 4.69) is 5.32 Å². The number of nitrogens with two attached hydrogens (primary N) is 1. The second-order valence-corrected chi connectivity index (χ2v) is 5.18. The van der Waals surface area contributed by atoms with E-state index < -0.39 is 5.82 Å². The quantitative estimate of drug-likeness (QED) is 0.887. The third kappa shape index (κ3) is 2.65. The van der Waals surface area contributed by atoms with E-state index in [1.807, 2.05) is 0 Å². The summed E-state index contributed by atoms with van der Waals surface area (Å²) in [5, 5.41) is 2.95. The Labute approximate surface area is 111 Å². The molecule has 1 aromatic rings. The summed E-state index contributed by atoms with van der Waals surface area (Å²) in [7, 11) is 0. The molecule has 2 rings (SSSR count). The van der Waals surface area contributed by atoms with Crippen molar-refractivity contribution in [2.75, 3.05) is 6.54 Å². The predicted octanol–water partition coefficient (Wildman–Crippen LogP) is 2.48. The Morgan fingerprint density at radius 2 is 2.11 bits per heavy atom. The first-order valence-corrected chi connectivity index (χ1v) is 6.42. The van der Waals surface area contributed by atoms with Crippen LogP contribution in [-0.2, 0) is 0 Å². The third-order valence-corrected chi connectivity index (χ3v) is 3.82. The lowest BCUT2D eigenvalue weighted by Crippen LogP contribution is -2.51. The van der Waals surface area contributed by atoms with Gasteiger partial charge in [-0.05, 0) is 31.0 Å². The molecule has 98 valence electrons. The molecule has 0 bridgehead atoms. The summed E-state index contributed by atoms with van der Waals surface area (Å²) in [6.07, 6.45) is 3.88. The zero-order valence-corrected chi connectivity index (χ0v) is 10.8. The van der Waals surface area contributed by atoms with E-state index in [1.54, 1.807) is 0 Å². The van der Waals surface area contributed by atoms with Gasteiger partial charge in [0.2, 0.25) is 0 Å². The van der Waals surface area contributed by atoms with Crippen LogP contribution in [0.1, 0.15) is 36.0 Å². The average Bonchev–Trinajstić information content (AvgIpc) is 2.82. The second-order valence-electron chi connectivity index (χ2n) is 4.77. The fraction of sp³-hybridized carbons (Fsp3) is 0.462. The lowest BCUT2D eigenvalue weighted by molar-refractivity contribution is 0.0902. The van der Waals surface area contributed by atoms with E-state index in [-0.39, 0.29) is 22.0 Å². The van der Waals surface area contributed by atoms with Crippen molar-refractivity contribution >= 4 is 17.5 Å². The van der Waals surface area contributed by atoms with Gasteiger partial charge in [-0.2, -0.15) is 0 Å². The maximum absolute atomic E-state index is 13.3. The molecule has 0 atom stereocenters. The van der Waals surface area contributed by atoms with Crippen molar-refractivity contribution in [3.05, 3.63) is 34.6 Å². The maximum atomic E-state index is 13.3. The van der Waals surface area contributed by atoms with Crippen LogP contribution < -0.4 is 11.1 Å². The molecular weight excluding hydrogens is 255 g/mol. The highest BCUT2D eigenvalue weighted by molar-refractivity contribution is 6.30. The van der Waals surface area contributed by atoms with E-state index in [0.29, 0.717) is 6.54 Å². The number of rotatable bonds is 3. The van der Waals surface area contributed by atoms with Gasteiger partial charge in [0.25, 0.3) is 5.91 Å². The molecule has 0 radical (unpaired) electrons. The van der Waals surface area contributed by atoms with E-state index in [4.69, 9.17) is 17.3 Å². The molecular formula is C13H16ClFN2O. The van der Waals surface area contributed by atoms with Crippen LogP contribution in [0, 0.1) is 5.82 Å². The van der Waals surface area contributed by atoms with Crippen LogP contribution in [0.15, 0.2) is 18.2 Å². The van der Waals surface area contributed by atoms with Crippen molar-refractivity contribution < 1.29 is 9.18 Å². The standard InChI is InChI=1S/C13H16ClFN2O/c14-10-4-3-9(7-11(10)15)12(18)17-13(8-16)5-1-2-6-13/h3-4,7H,1-2,5-6,8,16H2,(H,17,18). The summed E-state index contributed by atoms with van der Waals surface area (Å²) in [5.41, 5.74) is 5.69. The first kappa shape index (κ1) is 13.3. The molecule has 3 N–H and O–H groups in total. The molecule has 1 aromatic carbocycles. The average molecular weight is 271 g/mol. The summed E-state index contributed by atoms with van der Waals surface area (Å²) >= 11 is 5.58. The summed E-state index contributed by atoms with van der Waals surface area (Å²) in [4.78, 5) is 12.1. The van der Waals surface area contributed by atoms with Gasteiger partial charge in [-0.25, -0.2) is 4.39 Å². The summed E-state index contributed by atoms with van der Waals surface area (Å²) in [6.45, 7) is 0.412. The summed E-state index contributed by atoms with van der Waals surface area (Å²) in [6, 6.07) is 4.05. The number of nitrogens with one attached hydrogen (secondary N) is 1. The number of amides is 1. The highest BCUT2D eigenvalue weighted by Gasteiger charge is 2.34. The monoisotopic (exact) mass is 270 g/mol. The van der Waals surface area contributed by atoms with Crippen molar-refractivity contribution in [2.24, 2.45) is 5.73 Å². The predicted molar refractivity (Wildman–Crippen MR) is 69.1 cm³/mol. The SMILES string of the molecule is NCC1(NC(=O)c2ccc(Cl)c(F)c2)CCCC1. The lowest BCUT2D eigenvalue weighted by atomic mass is 9.97. The number of carbonyl (C=O) groups is 1. The molecule has 0 heterocycles.